The van der Waals surface area contributed by atoms with Crippen LogP contribution >= 0.6 is 27.3 Å². The number of rotatable bonds is 2. The molecular formula is C11H9BrN2OS. The van der Waals surface area contributed by atoms with Gasteiger partial charge in [0.25, 0.3) is 0 Å². The van der Waals surface area contributed by atoms with E-state index in [-0.39, 0.29) is 11.8 Å². The number of halogens is 1. The molecular weight excluding hydrogens is 288 g/mol. The smallest absolute Gasteiger partial charge is 0.229 e. The Hall–Kier alpha value is -0.940. The van der Waals surface area contributed by atoms with Crippen LogP contribution in [0.3, 0.4) is 0 Å². The summed E-state index contributed by atoms with van der Waals surface area (Å²) in [7, 11) is 0. The number of amides is 1. The monoisotopic (exact) mass is 296 g/mol. The molecule has 0 atom stereocenters. The van der Waals surface area contributed by atoms with E-state index in [4.69, 9.17) is 0 Å². The second-order valence-electron chi connectivity index (χ2n) is 3.89. The van der Waals surface area contributed by atoms with Gasteiger partial charge in [0.2, 0.25) is 5.91 Å². The Bertz CT molecular complexity index is 562. The molecule has 1 amide bonds. The van der Waals surface area contributed by atoms with Crippen molar-refractivity contribution in [2.24, 2.45) is 5.92 Å². The Morgan fingerprint density at radius 1 is 1.50 bits per heavy atom. The van der Waals surface area contributed by atoms with Crippen LogP contribution in [0.1, 0.15) is 12.8 Å². The molecule has 0 aliphatic heterocycles. The highest BCUT2D eigenvalue weighted by Gasteiger charge is 2.30. The highest BCUT2D eigenvalue weighted by atomic mass is 79.9. The highest BCUT2D eigenvalue weighted by molar-refractivity contribution is 9.10. The zero-order valence-electron chi connectivity index (χ0n) is 8.37. The molecule has 1 aromatic heterocycles. The highest BCUT2D eigenvalue weighted by Crippen LogP contribution is 2.32. The fourth-order valence-corrected chi connectivity index (χ4v) is 2.71. The quantitative estimate of drug-likeness (QED) is 0.923. The molecule has 1 aliphatic rings. The lowest BCUT2D eigenvalue weighted by Crippen LogP contribution is -2.12. The average Bonchev–Trinajstić information content (AvgIpc) is 3.00. The number of thiazole rings is 1. The summed E-state index contributed by atoms with van der Waals surface area (Å²) in [4.78, 5) is 15.9. The first kappa shape index (κ1) is 10.2. The van der Waals surface area contributed by atoms with Crippen molar-refractivity contribution in [2.75, 3.05) is 5.32 Å². The normalized spacial score (nSPS) is 15.3. The molecule has 0 spiro atoms. The lowest BCUT2D eigenvalue weighted by molar-refractivity contribution is -0.117. The van der Waals surface area contributed by atoms with Crippen molar-refractivity contribution in [1.82, 2.24) is 4.98 Å². The number of hydrogen-bond donors (Lipinski definition) is 1. The predicted molar refractivity (Wildman–Crippen MR) is 68.7 cm³/mol. The number of hydrogen-bond acceptors (Lipinski definition) is 3. The SMILES string of the molecule is O=C(Nc1nc2cc(Br)ccc2s1)C1CC1. The molecule has 1 heterocycles. The van der Waals surface area contributed by atoms with Crippen LogP contribution in [0.15, 0.2) is 22.7 Å². The van der Waals surface area contributed by atoms with Gasteiger partial charge in [0.1, 0.15) is 0 Å². The van der Waals surface area contributed by atoms with Gasteiger partial charge in [-0.15, -0.1) is 0 Å². The van der Waals surface area contributed by atoms with E-state index in [0.29, 0.717) is 5.13 Å². The van der Waals surface area contributed by atoms with Crippen LogP contribution in [-0.2, 0) is 4.79 Å². The molecule has 0 saturated heterocycles. The molecule has 2 aromatic rings. The number of aromatic nitrogens is 1. The minimum atomic E-state index is 0.109. The van der Waals surface area contributed by atoms with Gasteiger partial charge in [0.05, 0.1) is 10.2 Å². The number of carbonyl (C=O) groups excluding carboxylic acids is 1. The van der Waals surface area contributed by atoms with Crippen LogP contribution in [0.5, 0.6) is 0 Å². The third-order valence-corrected chi connectivity index (χ3v) is 3.97. The zero-order valence-corrected chi connectivity index (χ0v) is 10.8. The Labute approximate surface area is 105 Å². The van der Waals surface area contributed by atoms with E-state index in [0.717, 1.165) is 27.5 Å². The molecule has 0 bridgehead atoms. The van der Waals surface area contributed by atoms with Gasteiger partial charge in [-0.25, -0.2) is 4.98 Å². The van der Waals surface area contributed by atoms with Gasteiger partial charge < -0.3 is 5.32 Å². The first-order valence-electron chi connectivity index (χ1n) is 5.09. The molecule has 1 fully saturated rings. The Morgan fingerprint density at radius 3 is 3.06 bits per heavy atom. The Balaban J connectivity index is 1.89. The number of benzene rings is 1. The lowest BCUT2D eigenvalue weighted by atomic mass is 10.3. The Morgan fingerprint density at radius 2 is 2.31 bits per heavy atom. The molecule has 16 heavy (non-hydrogen) atoms. The second kappa shape index (κ2) is 3.82. The maximum Gasteiger partial charge on any atom is 0.229 e. The van der Waals surface area contributed by atoms with Gasteiger partial charge in [-0.05, 0) is 31.0 Å². The van der Waals surface area contributed by atoms with E-state index in [1.54, 1.807) is 0 Å². The largest absolute Gasteiger partial charge is 0.302 e. The molecule has 3 rings (SSSR count). The number of nitrogens with zero attached hydrogens (tertiary/aromatic N) is 1. The van der Waals surface area contributed by atoms with Crippen LogP contribution in [0.4, 0.5) is 5.13 Å². The molecule has 0 radical (unpaired) electrons. The Kier molecular flexibility index (Phi) is 2.44. The first-order chi connectivity index (χ1) is 7.72. The fraction of sp³-hybridized carbons (Fsp3) is 0.273. The number of carbonyl (C=O) groups is 1. The van der Waals surface area contributed by atoms with E-state index in [9.17, 15) is 4.79 Å². The van der Waals surface area contributed by atoms with Crippen molar-refractivity contribution in [2.45, 2.75) is 12.8 Å². The molecule has 5 heteroatoms. The fourth-order valence-electron chi connectivity index (χ4n) is 1.51. The van der Waals surface area contributed by atoms with Gasteiger partial charge >= 0.3 is 0 Å². The van der Waals surface area contributed by atoms with Crippen LogP contribution in [0.25, 0.3) is 10.2 Å². The molecule has 3 nitrogen and oxygen atoms in total. The van der Waals surface area contributed by atoms with Gasteiger partial charge in [0.15, 0.2) is 5.13 Å². The molecule has 82 valence electrons. The van der Waals surface area contributed by atoms with Crippen molar-refractivity contribution < 1.29 is 4.79 Å². The van der Waals surface area contributed by atoms with Gasteiger partial charge in [-0.2, -0.15) is 0 Å². The van der Waals surface area contributed by atoms with E-state index < -0.39 is 0 Å². The van der Waals surface area contributed by atoms with Crippen molar-refractivity contribution >= 4 is 48.5 Å². The van der Waals surface area contributed by atoms with Crippen molar-refractivity contribution in [1.29, 1.82) is 0 Å². The van der Waals surface area contributed by atoms with E-state index in [1.807, 2.05) is 18.2 Å². The summed E-state index contributed by atoms with van der Waals surface area (Å²) in [6.07, 6.45) is 2.03. The second-order valence-corrected chi connectivity index (χ2v) is 5.84. The summed E-state index contributed by atoms with van der Waals surface area (Å²) in [5, 5.41) is 3.56. The summed E-state index contributed by atoms with van der Waals surface area (Å²) < 4.78 is 2.10. The maximum atomic E-state index is 11.6. The molecule has 1 aromatic carbocycles. The standard InChI is InChI=1S/C11H9BrN2OS/c12-7-3-4-9-8(5-7)13-11(16-9)14-10(15)6-1-2-6/h3-6H,1-2H2,(H,13,14,15). The van der Waals surface area contributed by atoms with Gasteiger partial charge in [-0.3, -0.25) is 4.79 Å². The molecule has 1 N–H and O–H groups in total. The van der Waals surface area contributed by atoms with Crippen LogP contribution in [-0.4, -0.2) is 10.9 Å². The third-order valence-electron chi connectivity index (χ3n) is 2.53. The number of anilines is 1. The van der Waals surface area contributed by atoms with Crippen molar-refractivity contribution in [3.8, 4) is 0 Å². The van der Waals surface area contributed by atoms with Crippen LogP contribution < -0.4 is 5.32 Å². The maximum absolute atomic E-state index is 11.6. The van der Waals surface area contributed by atoms with E-state index in [2.05, 4.69) is 26.2 Å². The van der Waals surface area contributed by atoms with E-state index >= 15 is 0 Å². The first-order valence-corrected chi connectivity index (χ1v) is 6.70. The van der Waals surface area contributed by atoms with Crippen LogP contribution in [0, 0.1) is 5.92 Å². The third kappa shape index (κ3) is 1.97. The van der Waals surface area contributed by atoms with Gasteiger partial charge in [0, 0.05) is 10.4 Å². The molecule has 1 aliphatic carbocycles. The predicted octanol–water partition coefficient (Wildman–Crippen LogP) is 3.41. The van der Waals surface area contributed by atoms with Crippen molar-refractivity contribution in [3.63, 3.8) is 0 Å². The molecule has 1 saturated carbocycles. The summed E-state index contributed by atoms with van der Waals surface area (Å²) in [5.74, 6) is 0.330. The van der Waals surface area contributed by atoms with E-state index in [1.165, 1.54) is 11.3 Å². The number of nitrogens with one attached hydrogen (secondary N) is 1. The average molecular weight is 297 g/mol. The number of fused-ring (bicyclic) bond motifs is 1. The van der Waals surface area contributed by atoms with Crippen LogP contribution in [0.2, 0.25) is 0 Å². The summed E-state index contributed by atoms with van der Waals surface area (Å²) in [6.45, 7) is 0. The summed E-state index contributed by atoms with van der Waals surface area (Å²) in [6, 6.07) is 5.94. The zero-order chi connectivity index (χ0) is 11.1. The van der Waals surface area contributed by atoms with Crippen molar-refractivity contribution in [3.05, 3.63) is 22.7 Å². The summed E-state index contributed by atoms with van der Waals surface area (Å²) in [5.41, 5.74) is 0.922. The van der Waals surface area contributed by atoms with Gasteiger partial charge in [-0.1, -0.05) is 27.3 Å². The molecule has 0 unspecified atom stereocenters. The topological polar surface area (TPSA) is 42.0 Å². The minimum Gasteiger partial charge on any atom is -0.302 e. The minimum absolute atomic E-state index is 0.109. The summed E-state index contributed by atoms with van der Waals surface area (Å²) >= 11 is 4.92. The lowest BCUT2D eigenvalue weighted by Gasteiger charge is -1.96.